The van der Waals surface area contributed by atoms with E-state index in [1.165, 1.54) is 32.2 Å². The highest BCUT2D eigenvalue weighted by Crippen LogP contribution is 2.18. The van der Waals surface area contributed by atoms with E-state index in [1.54, 1.807) is 11.0 Å². The van der Waals surface area contributed by atoms with Gasteiger partial charge in [-0.3, -0.25) is 9.58 Å². The summed E-state index contributed by atoms with van der Waals surface area (Å²) >= 11 is 0. The normalized spacial score (nSPS) is 19.0. The van der Waals surface area contributed by atoms with Gasteiger partial charge in [-0.15, -0.1) is 24.0 Å². The molecule has 24 heavy (non-hydrogen) atoms. The standard InChI is InChI=1S/C16H31N7.HI/c1-4-14-8-6-7-10-23(14)11-9-18-16(17-5-2)19-12-15-20-13-21-22(15)3;/h13-14H,4-12H2,1-3H3,(H2,17,18,19);1H. The van der Waals surface area contributed by atoms with Crippen LogP contribution in [0.25, 0.3) is 0 Å². The van der Waals surface area contributed by atoms with E-state index in [0.717, 1.165) is 37.5 Å². The Hall–Kier alpha value is -0.900. The van der Waals surface area contributed by atoms with Crippen molar-refractivity contribution in [3.8, 4) is 0 Å². The monoisotopic (exact) mass is 449 g/mol. The minimum atomic E-state index is 0. The molecule has 2 heterocycles. The van der Waals surface area contributed by atoms with Crippen LogP contribution < -0.4 is 10.6 Å². The molecule has 0 amide bonds. The number of aliphatic imine (C=N–C) groups is 1. The van der Waals surface area contributed by atoms with Crippen LogP contribution in [0.3, 0.4) is 0 Å². The minimum absolute atomic E-state index is 0. The van der Waals surface area contributed by atoms with Crippen molar-refractivity contribution < 1.29 is 0 Å². The van der Waals surface area contributed by atoms with Gasteiger partial charge in [0.2, 0.25) is 0 Å². The summed E-state index contributed by atoms with van der Waals surface area (Å²) in [6, 6.07) is 0.753. The van der Waals surface area contributed by atoms with Gasteiger partial charge >= 0.3 is 0 Å². The van der Waals surface area contributed by atoms with Crippen molar-refractivity contribution in [3.05, 3.63) is 12.2 Å². The molecule has 1 aromatic rings. The molecule has 1 aliphatic rings. The Bertz CT molecular complexity index is 489. The van der Waals surface area contributed by atoms with Gasteiger partial charge in [0.15, 0.2) is 5.96 Å². The van der Waals surface area contributed by atoms with Gasteiger partial charge in [-0.2, -0.15) is 5.10 Å². The number of rotatable bonds is 7. The second-order valence-electron chi connectivity index (χ2n) is 6.02. The van der Waals surface area contributed by atoms with Gasteiger partial charge in [0.1, 0.15) is 18.7 Å². The largest absolute Gasteiger partial charge is 0.357 e. The van der Waals surface area contributed by atoms with Gasteiger partial charge in [0.05, 0.1) is 0 Å². The Morgan fingerprint density at radius 2 is 2.17 bits per heavy atom. The number of nitrogens with one attached hydrogen (secondary N) is 2. The van der Waals surface area contributed by atoms with E-state index >= 15 is 0 Å². The zero-order valence-corrected chi connectivity index (χ0v) is 17.5. The molecule has 1 saturated heterocycles. The fourth-order valence-electron chi connectivity index (χ4n) is 3.09. The topological polar surface area (TPSA) is 70.4 Å². The van der Waals surface area contributed by atoms with Crippen LogP contribution >= 0.6 is 24.0 Å². The summed E-state index contributed by atoms with van der Waals surface area (Å²) in [6.07, 6.45) is 6.87. The molecule has 0 bridgehead atoms. The van der Waals surface area contributed by atoms with E-state index in [2.05, 4.69) is 44.5 Å². The van der Waals surface area contributed by atoms with E-state index in [4.69, 9.17) is 0 Å². The Balaban J connectivity index is 0.00000288. The summed E-state index contributed by atoms with van der Waals surface area (Å²) in [6.45, 7) is 8.99. The summed E-state index contributed by atoms with van der Waals surface area (Å²) < 4.78 is 1.76. The number of hydrogen-bond acceptors (Lipinski definition) is 4. The molecule has 0 radical (unpaired) electrons. The molecule has 1 aliphatic heterocycles. The Morgan fingerprint density at radius 1 is 1.33 bits per heavy atom. The molecule has 0 spiro atoms. The number of aromatic nitrogens is 3. The van der Waals surface area contributed by atoms with E-state index < -0.39 is 0 Å². The van der Waals surface area contributed by atoms with E-state index in [9.17, 15) is 0 Å². The molecule has 1 fully saturated rings. The Labute approximate surface area is 162 Å². The van der Waals surface area contributed by atoms with Crippen LogP contribution in [0.15, 0.2) is 11.3 Å². The van der Waals surface area contributed by atoms with Crippen LogP contribution in [-0.2, 0) is 13.6 Å². The van der Waals surface area contributed by atoms with Crippen LogP contribution in [0.4, 0.5) is 0 Å². The Kier molecular flexibility index (Phi) is 10.2. The first-order valence-corrected chi connectivity index (χ1v) is 8.83. The number of halogens is 1. The predicted molar refractivity (Wildman–Crippen MR) is 109 cm³/mol. The van der Waals surface area contributed by atoms with Crippen molar-refractivity contribution in [1.82, 2.24) is 30.3 Å². The third kappa shape index (κ3) is 6.54. The number of hydrogen-bond donors (Lipinski definition) is 2. The van der Waals surface area contributed by atoms with Gasteiger partial charge in [-0.05, 0) is 32.7 Å². The molecule has 1 unspecified atom stereocenters. The second kappa shape index (κ2) is 11.6. The van der Waals surface area contributed by atoms with E-state index in [1.807, 2.05) is 7.05 Å². The fraction of sp³-hybridized carbons (Fsp3) is 0.812. The molecule has 1 atom stereocenters. The number of likely N-dealkylation sites (tertiary alicyclic amines) is 1. The molecule has 1 aromatic heterocycles. The zero-order valence-electron chi connectivity index (χ0n) is 15.2. The molecule has 0 saturated carbocycles. The van der Waals surface area contributed by atoms with Gasteiger partial charge in [-0.1, -0.05) is 13.3 Å². The van der Waals surface area contributed by atoms with Crippen LogP contribution in [0.1, 0.15) is 45.4 Å². The lowest BCUT2D eigenvalue weighted by Crippen LogP contribution is -2.45. The number of aryl methyl sites for hydroxylation is 1. The molecule has 7 nitrogen and oxygen atoms in total. The Morgan fingerprint density at radius 3 is 2.83 bits per heavy atom. The van der Waals surface area contributed by atoms with Gasteiger partial charge in [-0.25, -0.2) is 9.98 Å². The van der Waals surface area contributed by atoms with Crippen LogP contribution in [0.5, 0.6) is 0 Å². The molecular formula is C16H32IN7. The third-order valence-corrected chi connectivity index (χ3v) is 4.44. The molecule has 8 heteroatoms. The van der Waals surface area contributed by atoms with Crippen LogP contribution in [-0.4, -0.2) is 57.8 Å². The summed E-state index contributed by atoms with van der Waals surface area (Å²) in [5.74, 6) is 1.71. The number of guanidine groups is 1. The summed E-state index contributed by atoms with van der Waals surface area (Å²) in [7, 11) is 1.89. The lowest BCUT2D eigenvalue weighted by Gasteiger charge is -2.35. The minimum Gasteiger partial charge on any atom is -0.357 e. The van der Waals surface area contributed by atoms with Crippen LogP contribution in [0, 0.1) is 0 Å². The molecule has 0 aliphatic carbocycles. The average Bonchev–Trinajstić information content (AvgIpc) is 2.98. The van der Waals surface area contributed by atoms with E-state index in [-0.39, 0.29) is 24.0 Å². The highest BCUT2D eigenvalue weighted by atomic mass is 127. The summed E-state index contributed by atoms with van der Waals surface area (Å²) in [5.41, 5.74) is 0. The summed E-state index contributed by atoms with van der Waals surface area (Å²) in [4.78, 5) is 11.4. The highest BCUT2D eigenvalue weighted by molar-refractivity contribution is 14.0. The molecule has 2 rings (SSSR count). The molecule has 0 aromatic carbocycles. The van der Waals surface area contributed by atoms with Crippen LogP contribution in [0.2, 0.25) is 0 Å². The second-order valence-corrected chi connectivity index (χ2v) is 6.02. The van der Waals surface area contributed by atoms with Gasteiger partial charge in [0, 0.05) is 32.7 Å². The van der Waals surface area contributed by atoms with Crippen molar-refractivity contribution in [3.63, 3.8) is 0 Å². The van der Waals surface area contributed by atoms with Crippen molar-refractivity contribution in [2.75, 3.05) is 26.2 Å². The average molecular weight is 449 g/mol. The van der Waals surface area contributed by atoms with Gasteiger partial charge < -0.3 is 10.6 Å². The lowest BCUT2D eigenvalue weighted by atomic mass is 10.0. The van der Waals surface area contributed by atoms with Crippen molar-refractivity contribution >= 4 is 29.9 Å². The first kappa shape index (κ1) is 21.1. The predicted octanol–water partition coefficient (Wildman–Crippen LogP) is 1.75. The highest BCUT2D eigenvalue weighted by Gasteiger charge is 2.19. The van der Waals surface area contributed by atoms with Crippen molar-refractivity contribution in [1.29, 1.82) is 0 Å². The maximum atomic E-state index is 4.59. The van der Waals surface area contributed by atoms with Crippen molar-refractivity contribution in [2.45, 2.75) is 52.1 Å². The number of nitrogens with zero attached hydrogens (tertiary/aromatic N) is 5. The number of piperidine rings is 1. The zero-order chi connectivity index (χ0) is 16.5. The molecule has 2 N–H and O–H groups in total. The third-order valence-electron chi connectivity index (χ3n) is 4.44. The fourth-order valence-corrected chi connectivity index (χ4v) is 3.09. The maximum Gasteiger partial charge on any atom is 0.191 e. The molecular weight excluding hydrogens is 417 g/mol. The van der Waals surface area contributed by atoms with Gasteiger partial charge in [0.25, 0.3) is 0 Å². The molecule has 138 valence electrons. The smallest absolute Gasteiger partial charge is 0.191 e. The first-order valence-electron chi connectivity index (χ1n) is 8.83. The maximum absolute atomic E-state index is 4.59. The van der Waals surface area contributed by atoms with Crippen molar-refractivity contribution in [2.24, 2.45) is 12.0 Å². The quantitative estimate of drug-likeness (QED) is 0.377. The lowest BCUT2D eigenvalue weighted by molar-refractivity contribution is 0.147. The van der Waals surface area contributed by atoms with E-state index in [0.29, 0.717) is 6.54 Å². The first-order chi connectivity index (χ1) is 11.2. The SMILES string of the molecule is CCNC(=NCc1ncnn1C)NCCN1CCCCC1CC.I. The summed E-state index contributed by atoms with van der Waals surface area (Å²) in [5, 5.41) is 10.8.